The van der Waals surface area contributed by atoms with Gasteiger partial charge in [-0.05, 0) is 37.3 Å². The predicted molar refractivity (Wildman–Crippen MR) is 69.0 cm³/mol. The first kappa shape index (κ1) is 12.1. The third kappa shape index (κ3) is 3.30. The summed E-state index contributed by atoms with van der Waals surface area (Å²) in [6.45, 7) is 5.22. The summed E-state index contributed by atoms with van der Waals surface area (Å²) in [5, 5.41) is 5.84. The molecule has 1 aliphatic heterocycles. The van der Waals surface area contributed by atoms with E-state index in [1.807, 2.05) is 11.3 Å². The number of thiophene rings is 1. The lowest BCUT2D eigenvalue weighted by atomic mass is 9.95. The maximum Gasteiger partial charge on any atom is 0.0510 e. The van der Waals surface area contributed by atoms with Gasteiger partial charge in [0.2, 0.25) is 0 Å². The van der Waals surface area contributed by atoms with Crippen LogP contribution < -0.4 is 5.32 Å². The Balaban J connectivity index is 1.90. The molecule has 0 bridgehead atoms. The second kappa shape index (κ2) is 6.38. The molecule has 1 aromatic rings. The third-order valence-corrected chi connectivity index (χ3v) is 4.09. The molecule has 1 aromatic heterocycles. The Bertz CT molecular complexity index is 280. The van der Waals surface area contributed by atoms with Crippen LogP contribution >= 0.6 is 11.3 Å². The zero-order valence-corrected chi connectivity index (χ0v) is 10.8. The monoisotopic (exact) mass is 239 g/mol. The van der Waals surface area contributed by atoms with Crippen molar-refractivity contribution in [3.05, 3.63) is 22.4 Å². The summed E-state index contributed by atoms with van der Waals surface area (Å²) in [6.07, 6.45) is 3.58. The predicted octanol–water partition coefficient (Wildman–Crippen LogP) is 2.70. The lowest BCUT2D eigenvalue weighted by Gasteiger charge is -2.23. The van der Waals surface area contributed by atoms with Crippen LogP contribution in [-0.2, 0) is 11.2 Å². The normalized spacial score (nSPS) is 22.4. The Hall–Kier alpha value is -0.380. The molecule has 2 unspecified atom stereocenters. The van der Waals surface area contributed by atoms with Gasteiger partial charge in [0, 0.05) is 23.4 Å². The highest BCUT2D eigenvalue weighted by Gasteiger charge is 2.25. The van der Waals surface area contributed by atoms with Crippen molar-refractivity contribution >= 4 is 11.3 Å². The van der Waals surface area contributed by atoms with Gasteiger partial charge in [-0.2, -0.15) is 0 Å². The minimum atomic E-state index is 0.598. The van der Waals surface area contributed by atoms with Crippen LogP contribution in [0.3, 0.4) is 0 Å². The summed E-state index contributed by atoms with van der Waals surface area (Å²) in [4.78, 5) is 1.49. The van der Waals surface area contributed by atoms with Crippen molar-refractivity contribution < 1.29 is 4.74 Å². The van der Waals surface area contributed by atoms with Crippen LogP contribution in [0.1, 0.15) is 24.6 Å². The summed E-state index contributed by atoms with van der Waals surface area (Å²) in [5.74, 6) is 0.702. The largest absolute Gasteiger partial charge is 0.381 e. The van der Waals surface area contributed by atoms with Gasteiger partial charge in [-0.15, -0.1) is 11.3 Å². The van der Waals surface area contributed by atoms with Gasteiger partial charge in [-0.3, -0.25) is 0 Å². The summed E-state index contributed by atoms with van der Waals surface area (Å²) in [5.41, 5.74) is 0. The maximum atomic E-state index is 5.50. The average Bonchev–Trinajstić information content (AvgIpc) is 2.96. The van der Waals surface area contributed by atoms with E-state index in [4.69, 9.17) is 4.74 Å². The molecule has 90 valence electrons. The first-order valence-electron chi connectivity index (χ1n) is 6.23. The number of hydrogen-bond donors (Lipinski definition) is 1. The van der Waals surface area contributed by atoms with E-state index in [-0.39, 0.29) is 0 Å². The quantitative estimate of drug-likeness (QED) is 0.824. The first-order valence-corrected chi connectivity index (χ1v) is 7.11. The standard InChI is InChI=1S/C13H21NOS/c1-2-6-14-13(11-5-7-15-10-11)9-12-4-3-8-16-12/h3-4,8,11,13-14H,2,5-7,9-10H2,1H3. The molecular weight excluding hydrogens is 218 g/mol. The average molecular weight is 239 g/mol. The number of rotatable bonds is 6. The number of nitrogens with one attached hydrogen (secondary N) is 1. The van der Waals surface area contributed by atoms with Crippen molar-refractivity contribution in [1.29, 1.82) is 0 Å². The summed E-state index contributed by atoms with van der Waals surface area (Å²) in [6, 6.07) is 4.98. The fourth-order valence-corrected chi connectivity index (χ4v) is 3.02. The van der Waals surface area contributed by atoms with Crippen LogP contribution in [0.5, 0.6) is 0 Å². The SMILES string of the molecule is CCCNC(Cc1cccs1)C1CCOC1. The topological polar surface area (TPSA) is 21.3 Å². The van der Waals surface area contributed by atoms with Gasteiger partial charge in [0.05, 0.1) is 6.61 Å². The lowest BCUT2D eigenvalue weighted by molar-refractivity contribution is 0.176. The van der Waals surface area contributed by atoms with Crippen LogP contribution in [0.25, 0.3) is 0 Å². The van der Waals surface area contributed by atoms with Crippen LogP contribution in [0.2, 0.25) is 0 Å². The molecule has 3 heteroatoms. The maximum absolute atomic E-state index is 5.50. The van der Waals surface area contributed by atoms with Gasteiger partial charge in [0.15, 0.2) is 0 Å². The molecule has 0 spiro atoms. The van der Waals surface area contributed by atoms with Gasteiger partial charge >= 0.3 is 0 Å². The van der Waals surface area contributed by atoms with Crippen molar-refractivity contribution in [1.82, 2.24) is 5.32 Å². The van der Waals surface area contributed by atoms with Crippen molar-refractivity contribution in [2.75, 3.05) is 19.8 Å². The summed E-state index contributed by atoms with van der Waals surface area (Å²) >= 11 is 1.86. The molecule has 0 saturated carbocycles. The van der Waals surface area contributed by atoms with Gasteiger partial charge < -0.3 is 10.1 Å². The highest BCUT2D eigenvalue weighted by molar-refractivity contribution is 7.09. The molecule has 0 aliphatic carbocycles. The first-order chi connectivity index (χ1) is 7.90. The van der Waals surface area contributed by atoms with E-state index in [9.17, 15) is 0 Å². The van der Waals surface area contributed by atoms with Gasteiger partial charge in [0.25, 0.3) is 0 Å². The van der Waals surface area contributed by atoms with Crippen molar-refractivity contribution in [3.8, 4) is 0 Å². The van der Waals surface area contributed by atoms with E-state index in [2.05, 4.69) is 29.8 Å². The molecule has 0 amide bonds. The molecule has 0 radical (unpaired) electrons. The van der Waals surface area contributed by atoms with E-state index in [1.54, 1.807) is 0 Å². The smallest absolute Gasteiger partial charge is 0.0510 e. The summed E-state index contributed by atoms with van der Waals surface area (Å²) < 4.78 is 5.50. The molecular formula is C13H21NOS. The molecule has 1 aliphatic rings. The summed E-state index contributed by atoms with van der Waals surface area (Å²) in [7, 11) is 0. The van der Waals surface area contributed by atoms with Crippen LogP contribution in [0, 0.1) is 5.92 Å². The van der Waals surface area contributed by atoms with E-state index >= 15 is 0 Å². The Morgan fingerprint density at radius 1 is 1.62 bits per heavy atom. The van der Waals surface area contributed by atoms with Crippen LogP contribution in [0.4, 0.5) is 0 Å². The molecule has 2 heterocycles. The molecule has 1 fully saturated rings. The van der Waals surface area contributed by atoms with E-state index < -0.39 is 0 Å². The van der Waals surface area contributed by atoms with Crippen LogP contribution in [0.15, 0.2) is 17.5 Å². The second-order valence-electron chi connectivity index (χ2n) is 4.47. The van der Waals surface area contributed by atoms with E-state index in [0.29, 0.717) is 12.0 Å². The van der Waals surface area contributed by atoms with Crippen molar-refractivity contribution in [2.45, 2.75) is 32.2 Å². The fourth-order valence-electron chi connectivity index (χ4n) is 2.25. The third-order valence-electron chi connectivity index (χ3n) is 3.19. The van der Waals surface area contributed by atoms with Crippen molar-refractivity contribution in [2.24, 2.45) is 5.92 Å². The molecule has 16 heavy (non-hydrogen) atoms. The molecule has 1 saturated heterocycles. The Morgan fingerprint density at radius 3 is 3.19 bits per heavy atom. The van der Waals surface area contributed by atoms with E-state index in [1.165, 1.54) is 17.7 Å². The minimum absolute atomic E-state index is 0.598. The van der Waals surface area contributed by atoms with Gasteiger partial charge in [-0.25, -0.2) is 0 Å². The lowest BCUT2D eigenvalue weighted by Crippen LogP contribution is -2.38. The highest BCUT2D eigenvalue weighted by Crippen LogP contribution is 2.21. The second-order valence-corrected chi connectivity index (χ2v) is 5.50. The van der Waals surface area contributed by atoms with Gasteiger partial charge in [-0.1, -0.05) is 13.0 Å². The molecule has 2 atom stereocenters. The Labute approximate surface area is 102 Å². The van der Waals surface area contributed by atoms with Gasteiger partial charge in [0.1, 0.15) is 0 Å². The molecule has 0 aromatic carbocycles. The van der Waals surface area contributed by atoms with Crippen molar-refractivity contribution in [3.63, 3.8) is 0 Å². The Morgan fingerprint density at radius 2 is 2.56 bits per heavy atom. The van der Waals surface area contributed by atoms with Crippen LogP contribution in [-0.4, -0.2) is 25.8 Å². The fraction of sp³-hybridized carbons (Fsp3) is 0.692. The molecule has 2 nitrogen and oxygen atoms in total. The number of ether oxygens (including phenoxy) is 1. The highest BCUT2D eigenvalue weighted by atomic mass is 32.1. The zero-order valence-electron chi connectivity index (χ0n) is 9.95. The van der Waals surface area contributed by atoms with E-state index in [0.717, 1.165) is 26.2 Å². The zero-order chi connectivity index (χ0) is 11.2. The molecule has 1 N–H and O–H groups in total. The number of hydrogen-bond acceptors (Lipinski definition) is 3. The Kier molecular flexibility index (Phi) is 4.82. The minimum Gasteiger partial charge on any atom is -0.381 e. The molecule has 2 rings (SSSR count).